The highest BCUT2D eigenvalue weighted by atomic mass is 32.2. The number of carbonyl (C=O) groups excluding carboxylic acids is 2. The van der Waals surface area contributed by atoms with Gasteiger partial charge < -0.3 is 9.57 Å². The molecule has 1 N–H and O–H groups in total. The molecular formula is C18H18N4O6S2. The van der Waals surface area contributed by atoms with Crippen LogP contribution in [0.2, 0.25) is 0 Å². The fourth-order valence-electron chi connectivity index (χ4n) is 2.81. The summed E-state index contributed by atoms with van der Waals surface area (Å²) in [5.41, 5.74) is 0.321. The smallest absolute Gasteiger partial charge is 0.280 e. The maximum absolute atomic E-state index is 12.8. The van der Waals surface area contributed by atoms with Gasteiger partial charge in [0.05, 0.1) is 23.4 Å². The van der Waals surface area contributed by atoms with E-state index in [2.05, 4.69) is 20.7 Å². The van der Waals surface area contributed by atoms with Crippen molar-refractivity contribution in [1.82, 2.24) is 10.2 Å². The first-order chi connectivity index (χ1) is 14.5. The fraction of sp³-hybridized carbons (Fsp3) is 0.389. The van der Waals surface area contributed by atoms with Gasteiger partial charge >= 0.3 is 0 Å². The van der Waals surface area contributed by atoms with Gasteiger partial charge in [0.25, 0.3) is 5.91 Å². The summed E-state index contributed by atoms with van der Waals surface area (Å²) in [6.45, 7) is 0.921. The van der Waals surface area contributed by atoms with Crippen molar-refractivity contribution in [2.24, 2.45) is 5.16 Å². The number of aromatic nitrogens is 2. The lowest BCUT2D eigenvalue weighted by Gasteiger charge is -2.10. The number of rotatable bonds is 8. The molecule has 1 aliphatic carbocycles. The fourth-order valence-corrected chi connectivity index (χ4v) is 5.02. The van der Waals surface area contributed by atoms with Crippen molar-refractivity contribution < 1.29 is 27.6 Å². The number of carbonyl (C=O) groups is 2. The molecule has 30 heavy (non-hydrogen) atoms. The van der Waals surface area contributed by atoms with Crippen LogP contribution in [-0.2, 0) is 24.2 Å². The number of benzene rings is 1. The van der Waals surface area contributed by atoms with E-state index in [1.54, 1.807) is 0 Å². The number of hydrogen-bond donors (Lipinski definition) is 1. The van der Waals surface area contributed by atoms with Gasteiger partial charge in [-0.2, -0.15) is 0 Å². The largest absolute Gasteiger partial charge is 0.389 e. The number of nitrogens with one attached hydrogen (secondary N) is 1. The number of hydrogen-bond acceptors (Lipinski definition) is 10. The molecule has 1 amide bonds. The molecule has 2 fully saturated rings. The van der Waals surface area contributed by atoms with Gasteiger partial charge in [-0.3, -0.25) is 14.9 Å². The summed E-state index contributed by atoms with van der Waals surface area (Å²) >= 11 is 0.916. The number of ether oxygens (including phenoxy) is 1. The molecule has 2 aromatic rings. The predicted molar refractivity (Wildman–Crippen MR) is 107 cm³/mol. The Morgan fingerprint density at radius 2 is 2.00 bits per heavy atom. The molecule has 0 radical (unpaired) electrons. The molecule has 1 atom stereocenters. The molecule has 12 heteroatoms. The highest BCUT2D eigenvalue weighted by molar-refractivity contribution is 7.92. The number of aldehydes is 1. The minimum Gasteiger partial charge on any atom is -0.389 e. The highest BCUT2D eigenvalue weighted by Gasteiger charge is 2.36. The van der Waals surface area contributed by atoms with Crippen molar-refractivity contribution in [3.05, 3.63) is 34.8 Å². The summed E-state index contributed by atoms with van der Waals surface area (Å²) in [6, 6.07) is 5.94. The number of anilines is 1. The molecule has 0 unspecified atom stereocenters. The topological polar surface area (TPSA) is 137 Å². The first-order valence-corrected chi connectivity index (χ1v) is 11.6. The van der Waals surface area contributed by atoms with Gasteiger partial charge in [-0.05, 0) is 25.0 Å². The molecule has 10 nitrogen and oxygen atoms in total. The molecule has 0 bridgehead atoms. The molecule has 0 spiro atoms. The molecule has 158 valence electrons. The first-order valence-electron chi connectivity index (χ1n) is 9.23. The second kappa shape index (κ2) is 8.58. The van der Waals surface area contributed by atoms with Crippen LogP contribution in [0, 0.1) is 0 Å². The summed E-state index contributed by atoms with van der Waals surface area (Å²) in [4.78, 5) is 29.2. The van der Waals surface area contributed by atoms with Crippen LogP contribution in [0.25, 0.3) is 0 Å². The third-order valence-corrected chi connectivity index (χ3v) is 7.62. The molecule has 1 saturated carbocycles. The molecule has 1 aliphatic heterocycles. The zero-order chi connectivity index (χ0) is 21.1. The second-order valence-electron chi connectivity index (χ2n) is 6.82. The molecule has 1 aromatic heterocycles. The quantitative estimate of drug-likeness (QED) is 0.362. The maximum atomic E-state index is 12.8. The summed E-state index contributed by atoms with van der Waals surface area (Å²) < 4.78 is 30.0. The SMILES string of the molecule is O=Cc1nnc(NC(=O)/C(=N/O[C@@H]2CCOC2)c2ccc(S(=O)(=O)C3CC3)cc2)s1. The molecule has 1 aromatic carbocycles. The Kier molecular flexibility index (Phi) is 5.88. The van der Waals surface area contributed by atoms with Crippen molar-refractivity contribution in [3.8, 4) is 0 Å². The van der Waals surface area contributed by atoms with Gasteiger partial charge in [-0.15, -0.1) is 10.2 Å². The van der Waals surface area contributed by atoms with Crippen LogP contribution in [0.3, 0.4) is 0 Å². The lowest BCUT2D eigenvalue weighted by atomic mass is 10.1. The third-order valence-electron chi connectivity index (χ3n) is 4.58. The predicted octanol–water partition coefficient (Wildman–Crippen LogP) is 1.44. The average Bonchev–Trinajstić information content (AvgIpc) is 3.31. The van der Waals surface area contributed by atoms with E-state index in [4.69, 9.17) is 9.57 Å². The van der Waals surface area contributed by atoms with Gasteiger partial charge in [-0.25, -0.2) is 8.42 Å². The van der Waals surface area contributed by atoms with E-state index < -0.39 is 15.7 Å². The molecule has 2 heterocycles. The van der Waals surface area contributed by atoms with Gasteiger partial charge in [0.1, 0.15) is 0 Å². The van der Waals surface area contributed by atoms with E-state index in [0.29, 0.717) is 44.3 Å². The van der Waals surface area contributed by atoms with Crippen LogP contribution in [-0.4, -0.2) is 61.1 Å². The van der Waals surface area contributed by atoms with Gasteiger partial charge in [0, 0.05) is 12.0 Å². The Morgan fingerprint density at radius 1 is 1.23 bits per heavy atom. The average molecular weight is 450 g/mol. The molecule has 4 rings (SSSR count). The number of nitrogens with zero attached hydrogens (tertiary/aromatic N) is 3. The van der Waals surface area contributed by atoms with Crippen LogP contribution < -0.4 is 5.32 Å². The van der Waals surface area contributed by atoms with Crippen LogP contribution >= 0.6 is 11.3 Å². The zero-order valence-electron chi connectivity index (χ0n) is 15.7. The minimum absolute atomic E-state index is 0.0554. The lowest BCUT2D eigenvalue weighted by Crippen LogP contribution is -2.25. The van der Waals surface area contributed by atoms with Crippen LogP contribution in [0.4, 0.5) is 5.13 Å². The van der Waals surface area contributed by atoms with E-state index in [0.717, 1.165) is 11.3 Å². The standard InChI is InChI=1S/C18H18N4O6S2/c23-9-15-20-21-18(29-15)19-17(24)16(22-28-12-7-8-27-10-12)11-1-3-13(4-2-11)30(25,26)14-5-6-14/h1-4,9,12,14H,5-8,10H2,(H,19,21,24)/b22-16+/t12-/m1/s1. The monoisotopic (exact) mass is 450 g/mol. The Morgan fingerprint density at radius 3 is 2.60 bits per heavy atom. The van der Waals surface area contributed by atoms with Crippen molar-refractivity contribution >= 4 is 44.2 Å². The number of oxime groups is 1. The summed E-state index contributed by atoms with van der Waals surface area (Å²) in [7, 11) is -3.34. The first kappa shape index (κ1) is 20.6. The van der Waals surface area contributed by atoms with Crippen molar-refractivity contribution in [3.63, 3.8) is 0 Å². The summed E-state index contributed by atoms with van der Waals surface area (Å²) in [5, 5.41) is 13.8. The van der Waals surface area contributed by atoms with E-state index >= 15 is 0 Å². The van der Waals surface area contributed by atoms with E-state index in [1.165, 1.54) is 24.3 Å². The zero-order valence-corrected chi connectivity index (χ0v) is 17.3. The number of sulfone groups is 1. The normalized spacial score (nSPS) is 19.5. The Hall–Kier alpha value is -2.70. The number of amides is 1. The van der Waals surface area contributed by atoms with Crippen molar-refractivity contribution in [2.75, 3.05) is 18.5 Å². The summed E-state index contributed by atoms with van der Waals surface area (Å²) in [6.07, 6.45) is 2.24. The summed E-state index contributed by atoms with van der Waals surface area (Å²) in [5.74, 6) is -0.625. The lowest BCUT2D eigenvalue weighted by molar-refractivity contribution is -0.110. The Bertz CT molecular complexity index is 1070. The van der Waals surface area contributed by atoms with Gasteiger partial charge in [0.2, 0.25) is 5.13 Å². The van der Waals surface area contributed by atoms with E-state index in [1.807, 2.05) is 0 Å². The molecule has 1 saturated heterocycles. The van der Waals surface area contributed by atoms with Crippen molar-refractivity contribution in [1.29, 1.82) is 0 Å². The van der Waals surface area contributed by atoms with E-state index in [9.17, 15) is 18.0 Å². The van der Waals surface area contributed by atoms with Gasteiger partial charge in [0.15, 0.2) is 32.9 Å². The highest BCUT2D eigenvalue weighted by Crippen LogP contribution is 2.33. The van der Waals surface area contributed by atoms with E-state index in [-0.39, 0.29) is 32.1 Å². The van der Waals surface area contributed by atoms with Gasteiger partial charge in [-0.1, -0.05) is 28.6 Å². The molecule has 2 aliphatic rings. The Balaban J connectivity index is 1.58. The Labute approximate surface area is 176 Å². The van der Waals surface area contributed by atoms with Crippen LogP contribution in [0.1, 0.15) is 34.6 Å². The van der Waals surface area contributed by atoms with Crippen LogP contribution in [0.5, 0.6) is 0 Å². The second-order valence-corrected chi connectivity index (χ2v) is 10.1. The third kappa shape index (κ3) is 4.55. The minimum atomic E-state index is -3.34. The molecular weight excluding hydrogens is 432 g/mol. The van der Waals surface area contributed by atoms with Crippen LogP contribution in [0.15, 0.2) is 34.3 Å². The maximum Gasteiger partial charge on any atom is 0.280 e. The van der Waals surface area contributed by atoms with Crippen molar-refractivity contribution in [2.45, 2.75) is 35.5 Å².